The minimum atomic E-state index is -3.16. The van der Waals surface area contributed by atoms with Gasteiger partial charge in [0.1, 0.15) is 0 Å². The Labute approximate surface area is 152 Å². The van der Waals surface area contributed by atoms with Crippen molar-refractivity contribution in [3.8, 4) is 0 Å². The highest BCUT2D eigenvalue weighted by Crippen LogP contribution is 2.53. The van der Waals surface area contributed by atoms with E-state index in [2.05, 4.69) is 5.09 Å². The van der Waals surface area contributed by atoms with Gasteiger partial charge in [-0.25, -0.2) is 9.24 Å². The highest BCUT2D eigenvalue weighted by Gasteiger charge is 2.35. The maximum Gasteiger partial charge on any atom is 0.368 e. The zero-order valence-electron chi connectivity index (χ0n) is 13.3. The fourth-order valence-corrected chi connectivity index (χ4v) is 5.00. The summed E-state index contributed by atoms with van der Waals surface area (Å²) < 4.78 is 20.9. The van der Waals surface area contributed by atoms with Gasteiger partial charge in [0.2, 0.25) is 0 Å². The summed E-state index contributed by atoms with van der Waals surface area (Å²) in [5.41, 5.74) is 2.79. The van der Waals surface area contributed by atoms with E-state index in [-0.39, 0.29) is 0 Å². The van der Waals surface area contributed by atoms with Crippen LogP contribution in [0.25, 0.3) is 0 Å². The fraction of sp³-hybridized carbons (Fsp3) is 0.294. The van der Waals surface area contributed by atoms with Gasteiger partial charge in [0.15, 0.2) is 0 Å². The van der Waals surface area contributed by atoms with Crippen LogP contribution in [-0.2, 0) is 15.6 Å². The lowest BCUT2D eigenvalue weighted by Crippen LogP contribution is -2.31. The van der Waals surface area contributed by atoms with Gasteiger partial charge >= 0.3 is 7.67 Å². The monoisotopic (exact) mass is 384 g/mol. The molecule has 1 atom stereocenters. The van der Waals surface area contributed by atoms with Crippen molar-refractivity contribution in [3.63, 3.8) is 0 Å². The van der Waals surface area contributed by atoms with E-state index in [4.69, 9.17) is 27.7 Å². The quantitative estimate of drug-likeness (QED) is 0.681. The summed E-state index contributed by atoms with van der Waals surface area (Å²) in [4.78, 5) is 0. The zero-order chi connectivity index (χ0) is 17.2. The number of hydrogen-bond donors (Lipinski definition) is 1. The number of para-hydroxylation sites is 1. The van der Waals surface area contributed by atoms with Gasteiger partial charge in [0, 0.05) is 18.8 Å². The van der Waals surface area contributed by atoms with Gasteiger partial charge in [-0.05, 0) is 42.7 Å². The first-order valence-corrected chi connectivity index (χ1v) is 10.1. The van der Waals surface area contributed by atoms with Crippen LogP contribution in [0.2, 0.25) is 10.0 Å². The van der Waals surface area contributed by atoms with E-state index in [0.29, 0.717) is 29.7 Å². The molecule has 1 saturated heterocycles. The zero-order valence-corrected chi connectivity index (χ0v) is 15.7. The van der Waals surface area contributed by atoms with Crippen LogP contribution in [-0.4, -0.2) is 17.8 Å². The molecule has 0 bridgehead atoms. The fourth-order valence-electron chi connectivity index (χ4n) is 2.62. The van der Waals surface area contributed by atoms with Gasteiger partial charge in [-0.15, -0.1) is 0 Å². The normalized spacial score (nSPS) is 21.6. The maximum absolute atomic E-state index is 13.4. The summed E-state index contributed by atoms with van der Waals surface area (Å²) in [6.07, 6.45) is 0.834. The number of anilines is 1. The van der Waals surface area contributed by atoms with Gasteiger partial charge in [-0.3, -0.25) is 0 Å². The molecule has 128 valence electrons. The van der Waals surface area contributed by atoms with Crippen LogP contribution in [0, 0.1) is 6.92 Å². The molecule has 1 heterocycles. The van der Waals surface area contributed by atoms with Crippen molar-refractivity contribution in [2.75, 3.05) is 18.2 Å². The average molecular weight is 385 g/mol. The second-order valence-corrected chi connectivity index (χ2v) is 8.67. The number of nitrogens with zero attached hydrogens (tertiary/aromatic N) is 1. The minimum absolute atomic E-state index is 0.479. The summed E-state index contributed by atoms with van der Waals surface area (Å²) >= 11 is 12.1. The summed E-state index contributed by atoms with van der Waals surface area (Å²) in [5, 5.41) is 4.13. The molecule has 1 aliphatic heterocycles. The molecule has 1 aliphatic rings. The third-order valence-corrected chi connectivity index (χ3v) is 6.84. The summed E-state index contributed by atoms with van der Waals surface area (Å²) in [5.74, 6) is 0. The average Bonchev–Trinajstić information content (AvgIpc) is 2.55. The molecule has 1 fully saturated rings. The van der Waals surface area contributed by atoms with E-state index in [9.17, 15) is 4.57 Å². The second kappa shape index (κ2) is 7.47. The van der Waals surface area contributed by atoms with Crippen molar-refractivity contribution >= 4 is 36.6 Å². The van der Waals surface area contributed by atoms with E-state index in [1.807, 2.05) is 41.9 Å². The van der Waals surface area contributed by atoms with Crippen LogP contribution >= 0.6 is 30.9 Å². The van der Waals surface area contributed by atoms with Crippen LogP contribution in [0.15, 0.2) is 42.5 Å². The molecule has 4 nitrogen and oxygen atoms in total. The largest absolute Gasteiger partial charge is 0.368 e. The van der Waals surface area contributed by atoms with Gasteiger partial charge in [0.05, 0.1) is 16.7 Å². The van der Waals surface area contributed by atoms with Gasteiger partial charge in [-0.2, -0.15) is 0 Å². The van der Waals surface area contributed by atoms with Crippen molar-refractivity contribution in [3.05, 3.63) is 63.6 Å². The Morgan fingerprint density at radius 3 is 2.75 bits per heavy atom. The molecule has 2 aromatic carbocycles. The highest BCUT2D eigenvalue weighted by molar-refractivity contribution is 7.58. The van der Waals surface area contributed by atoms with Crippen molar-refractivity contribution in [1.29, 1.82) is 0 Å². The minimum Gasteiger partial charge on any atom is -0.303 e. The number of hydrogen-bond acceptors (Lipinski definition) is 2. The Balaban J connectivity index is 1.83. The molecule has 3 rings (SSSR count). The molecule has 0 spiro atoms. The Bertz CT molecular complexity index is 785. The molecular formula is C17H19Cl2N2O2P. The van der Waals surface area contributed by atoms with Crippen LogP contribution in [0.4, 0.5) is 5.69 Å². The van der Waals surface area contributed by atoms with E-state index in [0.717, 1.165) is 23.2 Å². The lowest BCUT2D eigenvalue weighted by atomic mass is 10.2. The predicted molar refractivity (Wildman–Crippen MR) is 99.8 cm³/mol. The molecule has 24 heavy (non-hydrogen) atoms. The molecule has 0 amide bonds. The lowest BCUT2D eigenvalue weighted by molar-refractivity contribution is 0.206. The SMILES string of the molecule is Cc1ccccc1N[P@@]1(=O)OCCCN1Cc1ccc(Cl)c(Cl)c1. The van der Waals surface area contributed by atoms with Crippen molar-refractivity contribution in [1.82, 2.24) is 4.67 Å². The maximum atomic E-state index is 13.4. The first kappa shape index (κ1) is 17.8. The van der Waals surface area contributed by atoms with E-state index in [1.165, 1.54) is 0 Å². The van der Waals surface area contributed by atoms with Crippen LogP contribution in [0.3, 0.4) is 0 Å². The molecule has 0 unspecified atom stereocenters. The molecule has 0 saturated carbocycles. The Hall–Kier alpha value is -1.03. The summed E-state index contributed by atoms with van der Waals surface area (Å²) in [6, 6.07) is 13.2. The third-order valence-electron chi connectivity index (χ3n) is 3.96. The highest BCUT2D eigenvalue weighted by atomic mass is 35.5. The number of nitrogens with one attached hydrogen (secondary N) is 1. The standard InChI is InChI=1S/C17H19Cl2N2O2P/c1-13-5-2-3-6-17(13)20-24(22)21(9-4-10-23-24)12-14-7-8-15(18)16(19)11-14/h2-3,5-8,11H,4,9-10,12H2,1H3,(H,20,22)/t24-/m1/s1. The molecule has 1 N–H and O–H groups in total. The third kappa shape index (κ3) is 3.96. The first-order valence-electron chi connectivity index (χ1n) is 7.76. The number of halogens is 2. The predicted octanol–water partition coefficient (Wildman–Crippen LogP) is 5.74. The van der Waals surface area contributed by atoms with Crippen molar-refractivity contribution in [2.45, 2.75) is 19.9 Å². The Kier molecular flexibility index (Phi) is 5.53. The van der Waals surface area contributed by atoms with Gasteiger partial charge < -0.3 is 9.61 Å². The molecule has 0 radical (unpaired) electrons. The van der Waals surface area contributed by atoms with Crippen LogP contribution in [0.5, 0.6) is 0 Å². The van der Waals surface area contributed by atoms with E-state index >= 15 is 0 Å². The number of benzene rings is 2. The van der Waals surface area contributed by atoms with Crippen molar-refractivity contribution in [2.24, 2.45) is 0 Å². The topological polar surface area (TPSA) is 41.6 Å². The summed E-state index contributed by atoms with van der Waals surface area (Å²) in [6.45, 7) is 3.62. The summed E-state index contributed by atoms with van der Waals surface area (Å²) in [7, 11) is -3.16. The van der Waals surface area contributed by atoms with Gasteiger partial charge in [-0.1, -0.05) is 47.5 Å². The van der Waals surface area contributed by atoms with Crippen LogP contribution < -0.4 is 5.09 Å². The first-order chi connectivity index (χ1) is 11.5. The molecule has 0 aromatic heterocycles. The number of aryl methyl sites for hydroxylation is 1. The Morgan fingerprint density at radius 1 is 1.21 bits per heavy atom. The molecule has 2 aromatic rings. The molecule has 7 heteroatoms. The van der Waals surface area contributed by atoms with Crippen molar-refractivity contribution < 1.29 is 9.09 Å². The lowest BCUT2D eigenvalue weighted by Gasteiger charge is -2.35. The molecular weight excluding hydrogens is 366 g/mol. The van der Waals surface area contributed by atoms with E-state index < -0.39 is 7.67 Å². The van der Waals surface area contributed by atoms with Gasteiger partial charge in [0.25, 0.3) is 0 Å². The van der Waals surface area contributed by atoms with E-state index in [1.54, 1.807) is 12.1 Å². The van der Waals surface area contributed by atoms with Crippen LogP contribution in [0.1, 0.15) is 17.5 Å². The Morgan fingerprint density at radius 2 is 2.00 bits per heavy atom. The number of rotatable bonds is 4. The molecule has 0 aliphatic carbocycles. The smallest absolute Gasteiger partial charge is 0.303 e. The second-order valence-electron chi connectivity index (χ2n) is 5.77.